The number of benzene rings is 1. The van der Waals surface area contributed by atoms with Crippen molar-refractivity contribution in [3.8, 4) is 0 Å². The third-order valence-electron chi connectivity index (χ3n) is 5.46. The Bertz CT molecular complexity index is 1080. The first-order chi connectivity index (χ1) is 14.5. The number of carbonyl (C=O) groups excluding carboxylic acids is 1. The molecule has 1 amide bonds. The second kappa shape index (κ2) is 8.83. The maximum absolute atomic E-state index is 13.4. The molecule has 0 radical (unpaired) electrons. The average molecular weight is 449 g/mol. The number of aryl methyl sites for hydroxylation is 1. The van der Waals surface area contributed by atoms with Gasteiger partial charge < -0.3 is 15.1 Å². The zero-order valence-corrected chi connectivity index (χ0v) is 18.5. The van der Waals surface area contributed by atoms with Crippen LogP contribution >= 0.6 is 22.9 Å². The minimum atomic E-state index is -0.520. The second-order valence-electron chi connectivity index (χ2n) is 7.50. The highest BCUT2D eigenvalue weighted by molar-refractivity contribution is 7.20. The number of fused-ring (bicyclic) bond motifs is 1. The Balaban J connectivity index is 1.60. The van der Waals surface area contributed by atoms with Gasteiger partial charge in [-0.2, -0.15) is 0 Å². The Kier molecular flexibility index (Phi) is 6.17. The van der Waals surface area contributed by atoms with E-state index in [1.165, 1.54) is 42.5 Å². The molecule has 1 aliphatic heterocycles. The van der Waals surface area contributed by atoms with Crippen LogP contribution in [0, 0.1) is 12.7 Å². The number of quaternary nitrogens is 1. The molecule has 3 aromatic rings. The number of thiophene rings is 1. The summed E-state index contributed by atoms with van der Waals surface area (Å²) < 4.78 is 13.4. The maximum atomic E-state index is 13.4. The summed E-state index contributed by atoms with van der Waals surface area (Å²) in [6.45, 7) is 9.38. The number of piperazine rings is 1. The molecule has 6 nitrogen and oxygen atoms in total. The quantitative estimate of drug-likeness (QED) is 0.629. The van der Waals surface area contributed by atoms with Crippen LogP contribution in [0.15, 0.2) is 24.5 Å². The van der Waals surface area contributed by atoms with Crippen LogP contribution in [0.2, 0.25) is 5.02 Å². The molecule has 1 fully saturated rings. The van der Waals surface area contributed by atoms with Gasteiger partial charge in [-0.3, -0.25) is 4.79 Å². The predicted octanol–water partition coefficient (Wildman–Crippen LogP) is 3.16. The lowest BCUT2D eigenvalue weighted by Crippen LogP contribution is -3.14. The van der Waals surface area contributed by atoms with Crippen LogP contribution in [0.5, 0.6) is 0 Å². The molecule has 0 saturated carbocycles. The van der Waals surface area contributed by atoms with E-state index in [0.717, 1.165) is 47.8 Å². The van der Waals surface area contributed by atoms with Crippen LogP contribution in [0.4, 0.5) is 15.9 Å². The summed E-state index contributed by atoms with van der Waals surface area (Å²) in [6, 6.07) is 4.13. The molecule has 0 atom stereocenters. The molecule has 158 valence electrons. The first kappa shape index (κ1) is 21.0. The van der Waals surface area contributed by atoms with Crippen LogP contribution in [0.1, 0.15) is 28.6 Å². The van der Waals surface area contributed by atoms with E-state index in [2.05, 4.69) is 27.1 Å². The number of anilines is 2. The Morgan fingerprint density at radius 3 is 2.80 bits per heavy atom. The summed E-state index contributed by atoms with van der Waals surface area (Å²) in [7, 11) is 0. The van der Waals surface area contributed by atoms with Crippen molar-refractivity contribution in [2.24, 2.45) is 0 Å². The third kappa shape index (κ3) is 4.12. The van der Waals surface area contributed by atoms with Gasteiger partial charge in [0.15, 0.2) is 0 Å². The van der Waals surface area contributed by atoms with Crippen molar-refractivity contribution in [3.05, 3.63) is 45.8 Å². The SMILES string of the molecule is CCC[NH+]1CCN(c2ncnc3sc(C(=O)Nc4ccc(F)c(Cl)c4)c(C)c23)CC1. The van der Waals surface area contributed by atoms with E-state index in [1.807, 2.05) is 6.92 Å². The smallest absolute Gasteiger partial charge is 0.266 e. The van der Waals surface area contributed by atoms with E-state index in [-0.39, 0.29) is 10.9 Å². The number of aromatic nitrogens is 2. The molecule has 0 spiro atoms. The lowest BCUT2D eigenvalue weighted by atomic mass is 10.1. The summed E-state index contributed by atoms with van der Waals surface area (Å²) in [5.41, 5.74) is 1.31. The summed E-state index contributed by atoms with van der Waals surface area (Å²) in [5, 5.41) is 3.71. The van der Waals surface area contributed by atoms with Crippen LogP contribution in [0.3, 0.4) is 0 Å². The molecule has 1 aromatic carbocycles. The first-order valence-corrected chi connectivity index (χ1v) is 11.3. The van der Waals surface area contributed by atoms with Crippen molar-refractivity contribution in [2.75, 3.05) is 42.9 Å². The molecule has 3 heterocycles. The van der Waals surface area contributed by atoms with Crippen molar-refractivity contribution >= 4 is 50.6 Å². The number of rotatable bonds is 5. The molecule has 0 bridgehead atoms. The van der Waals surface area contributed by atoms with E-state index in [9.17, 15) is 9.18 Å². The van der Waals surface area contributed by atoms with Crippen molar-refractivity contribution in [1.29, 1.82) is 0 Å². The Hall–Kier alpha value is -2.29. The van der Waals surface area contributed by atoms with Gasteiger partial charge in [0, 0.05) is 5.69 Å². The number of hydrogen-bond donors (Lipinski definition) is 2. The lowest BCUT2D eigenvalue weighted by Gasteiger charge is -2.33. The molecule has 1 saturated heterocycles. The summed E-state index contributed by atoms with van der Waals surface area (Å²) in [6.07, 6.45) is 2.76. The van der Waals surface area contributed by atoms with Gasteiger partial charge in [-0.1, -0.05) is 18.5 Å². The largest absolute Gasteiger partial charge is 0.345 e. The van der Waals surface area contributed by atoms with Gasteiger partial charge in [0.2, 0.25) is 0 Å². The van der Waals surface area contributed by atoms with Crippen LogP contribution in [-0.2, 0) is 0 Å². The Morgan fingerprint density at radius 2 is 2.10 bits per heavy atom. The van der Waals surface area contributed by atoms with Crippen LogP contribution in [-0.4, -0.2) is 48.6 Å². The summed E-state index contributed by atoms with van der Waals surface area (Å²) in [4.78, 5) is 27.2. The first-order valence-electron chi connectivity index (χ1n) is 10.1. The number of hydrogen-bond acceptors (Lipinski definition) is 5. The van der Waals surface area contributed by atoms with Gasteiger partial charge in [-0.25, -0.2) is 14.4 Å². The highest BCUT2D eigenvalue weighted by Gasteiger charge is 2.25. The van der Waals surface area contributed by atoms with E-state index in [4.69, 9.17) is 11.6 Å². The zero-order chi connectivity index (χ0) is 21.3. The van der Waals surface area contributed by atoms with Gasteiger partial charge >= 0.3 is 0 Å². The molecule has 9 heteroatoms. The summed E-state index contributed by atoms with van der Waals surface area (Å²) in [5.74, 6) is 0.114. The molecule has 30 heavy (non-hydrogen) atoms. The van der Waals surface area contributed by atoms with Gasteiger partial charge in [-0.15, -0.1) is 11.3 Å². The lowest BCUT2D eigenvalue weighted by molar-refractivity contribution is -0.900. The third-order valence-corrected chi connectivity index (χ3v) is 6.95. The number of amides is 1. The molecule has 1 aliphatic rings. The number of nitrogens with zero attached hydrogens (tertiary/aromatic N) is 3. The standard InChI is InChI=1S/C21H23ClFN5OS/c1-3-6-27-7-9-28(10-8-27)19-17-13(2)18(30-21(17)25-12-24-19)20(29)26-14-4-5-16(23)15(22)11-14/h4-5,11-12H,3,6-10H2,1-2H3,(H,26,29)/p+1. The Morgan fingerprint density at radius 1 is 1.33 bits per heavy atom. The average Bonchev–Trinajstić information content (AvgIpc) is 3.09. The van der Waals surface area contributed by atoms with Crippen LogP contribution < -0.4 is 15.1 Å². The van der Waals surface area contributed by atoms with E-state index in [1.54, 1.807) is 11.2 Å². The minimum absolute atomic E-state index is 0.0293. The van der Waals surface area contributed by atoms with Crippen molar-refractivity contribution in [1.82, 2.24) is 9.97 Å². The maximum Gasteiger partial charge on any atom is 0.266 e. The molecule has 2 N–H and O–H groups in total. The normalized spacial score (nSPS) is 15.0. The molecule has 2 aromatic heterocycles. The Labute approximate surface area is 183 Å². The molecular formula is C21H24ClFN5OS+. The van der Waals surface area contributed by atoms with Crippen LogP contribution in [0.25, 0.3) is 10.2 Å². The predicted molar refractivity (Wildman–Crippen MR) is 120 cm³/mol. The molecule has 0 unspecified atom stereocenters. The number of nitrogens with one attached hydrogen (secondary N) is 2. The van der Waals surface area contributed by atoms with Crippen molar-refractivity contribution < 1.29 is 14.1 Å². The van der Waals surface area contributed by atoms with Crippen molar-refractivity contribution in [2.45, 2.75) is 20.3 Å². The van der Waals surface area contributed by atoms with E-state index in [0.29, 0.717) is 10.6 Å². The monoisotopic (exact) mass is 448 g/mol. The fraction of sp³-hybridized carbons (Fsp3) is 0.381. The highest BCUT2D eigenvalue weighted by Crippen LogP contribution is 2.35. The second-order valence-corrected chi connectivity index (χ2v) is 8.91. The van der Waals surface area contributed by atoms with E-state index < -0.39 is 5.82 Å². The highest BCUT2D eigenvalue weighted by atomic mass is 35.5. The van der Waals surface area contributed by atoms with Gasteiger partial charge in [0.1, 0.15) is 22.8 Å². The fourth-order valence-electron chi connectivity index (χ4n) is 3.91. The zero-order valence-electron chi connectivity index (χ0n) is 17.0. The van der Waals surface area contributed by atoms with Gasteiger partial charge in [0.25, 0.3) is 5.91 Å². The molecule has 4 rings (SSSR count). The number of carbonyl (C=O) groups is 1. The number of halogens is 2. The van der Waals surface area contributed by atoms with Crippen molar-refractivity contribution in [3.63, 3.8) is 0 Å². The molecular weight excluding hydrogens is 425 g/mol. The topological polar surface area (TPSA) is 62.6 Å². The van der Waals surface area contributed by atoms with Gasteiger partial charge in [-0.05, 0) is 37.1 Å². The molecule has 0 aliphatic carbocycles. The minimum Gasteiger partial charge on any atom is -0.345 e. The van der Waals surface area contributed by atoms with Gasteiger partial charge in [0.05, 0.1) is 48.0 Å². The summed E-state index contributed by atoms with van der Waals surface area (Å²) >= 11 is 7.17. The fourth-order valence-corrected chi connectivity index (χ4v) is 5.13. The van der Waals surface area contributed by atoms with E-state index >= 15 is 0 Å².